The summed E-state index contributed by atoms with van der Waals surface area (Å²) in [6, 6.07) is 18.5. The molecule has 0 saturated carbocycles. The summed E-state index contributed by atoms with van der Waals surface area (Å²) in [7, 11) is 0. The van der Waals surface area contributed by atoms with Crippen LogP contribution in [0.15, 0.2) is 73.1 Å². The van der Waals surface area contributed by atoms with Crippen LogP contribution in [-0.2, 0) is 16.0 Å². The summed E-state index contributed by atoms with van der Waals surface area (Å²) in [6.45, 7) is 8.42. The van der Waals surface area contributed by atoms with E-state index in [-0.39, 0.29) is 36.7 Å². The number of hydrogen-bond acceptors (Lipinski definition) is 11. The summed E-state index contributed by atoms with van der Waals surface area (Å²) >= 11 is 0. The van der Waals surface area contributed by atoms with Crippen molar-refractivity contribution in [2.24, 2.45) is 0 Å². The van der Waals surface area contributed by atoms with Crippen molar-refractivity contribution in [1.82, 2.24) is 30.1 Å². The zero-order valence-corrected chi connectivity index (χ0v) is 30.9. The third kappa shape index (κ3) is 7.01. The van der Waals surface area contributed by atoms with E-state index >= 15 is 4.39 Å². The van der Waals surface area contributed by atoms with Gasteiger partial charge in [0.05, 0.1) is 11.9 Å². The molecule has 0 aliphatic carbocycles. The largest absolute Gasteiger partial charge is 0.474 e. The number of pyridine rings is 1. The van der Waals surface area contributed by atoms with E-state index in [0.717, 1.165) is 77.4 Å². The van der Waals surface area contributed by atoms with Crippen molar-refractivity contribution in [1.29, 1.82) is 0 Å². The van der Waals surface area contributed by atoms with Crippen molar-refractivity contribution in [3.8, 4) is 17.0 Å². The minimum atomic E-state index is -0.463. The van der Waals surface area contributed by atoms with Crippen LogP contribution in [0.25, 0.3) is 22.0 Å². The fraction of sp³-hybridized carbons (Fsp3) is 0.317. The number of nitrogens with zero attached hydrogens (tertiary/aromatic N) is 7. The van der Waals surface area contributed by atoms with E-state index in [9.17, 15) is 14.4 Å². The predicted molar refractivity (Wildman–Crippen MR) is 211 cm³/mol. The molecule has 3 fully saturated rings. The highest BCUT2D eigenvalue weighted by Crippen LogP contribution is 2.36. The number of halogens is 1. The number of urea groups is 1. The average molecular weight is 757 g/mol. The van der Waals surface area contributed by atoms with Crippen LogP contribution >= 0.6 is 0 Å². The average Bonchev–Trinajstić information content (AvgIpc) is 3.19. The van der Waals surface area contributed by atoms with Gasteiger partial charge in [0.1, 0.15) is 18.1 Å². The van der Waals surface area contributed by atoms with E-state index in [1.807, 2.05) is 55.6 Å². The topological polar surface area (TPSA) is 148 Å². The molecule has 56 heavy (non-hydrogen) atoms. The van der Waals surface area contributed by atoms with E-state index in [0.29, 0.717) is 49.3 Å². The SMILES string of the molecule is Cc1c(-c2ccc3cnc(Nc4ccc(CC(=O)N5CC(N6CCN(c7ccc(N8CCC(=O)NC8=O)cc7)CC6)C5)c(F)c4)nc3c2)cnc2c1NCCO2. The molecule has 0 atom stereocenters. The number of rotatable bonds is 8. The molecule has 4 amide bonds. The Morgan fingerprint density at radius 1 is 0.946 bits per heavy atom. The third-order valence-corrected chi connectivity index (χ3v) is 11.1. The number of nitrogens with one attached hydrogen (secondary N) is 3. The monoisotopic (exact) mass is 756 g/mol. The molecule has 3 aromatic carbocycles. The maximum Gasteiger partial charge on any atom is 0.328 e. The number of benzene rings is 3. The first-order valence-electron chi connectivity index (χ1n) is 18.9. The lowest BCUT2D eigenvalue weighted by molar-refractivity contribution is -0.138. The molecule has 286 valence electrons. The van der Waals surface area contributed by atoms with Crippen molar-refractivity contribution in [3.63, 3.8) is 0 Å². The maximum absolute atomic E-state index is 15.3. The Labute approximate surface area is 322 Å². The van der Waals surface area contributed by atoms with Crippen molar-refractivity contribution in [3.05, 3.63) is 90.0 Å². The first-order valence-corrected chi connectivity index (χ1v) is 18.9. The van der Waals surface area contributed by atoms with Crippen LogP contribution in [0.5, 0.6) is 5.88 Å². The van der Waals surface area contributed by atoms with Gasteiger partial charge in [0.25, 0.3) is 0 Å². The zero-order valence-electron chi connectivity index (χ0n) is 30.9. The lowest BCUT2D eigenvalue weighted by Gasteiger charge is -2.48. The summed E-state index contributed by atoms with van der Waals surface area (Å²) < 4.78 is 21.0. The predicted octanol–water partition coefficient (Wildman–Crippen LogP) is 4.71. The van der Waals surface area contributed by atoms with Crippen molar-refractivity contribution in [2.75, 3.05) is 79.4 Å². The van der Waals surface area contributed by atoms with Crippen molar-refractivity contribution < 1.29 is 23.5 Å². The number of aromatic nitrogens is 3. The standard InChI is InChI=1S/C41H41FN10O4/c1-25-33(22-44-39-38(25)43-11-17-56-39)26-2-3-28-21-45-40(47-35(28)18-26)46-29-5-4-27(34(42)20-29)19-37(54)51-23-32(24-51)50-15-13-49(14-16-50)30-6-8-31(9-7-30)52-12-10-36(53)48-41(52)55/h2-9,18,20-22,32,43H,10-17,19,23-24H2,1H3,(H,45,46,47)(H,48,53,55). The first-order chi connectivity index (χ1) is 27.3. The minimum Gasteiger partial charge on any atom is -0.474 e. The molecular weight excluding hydrogens is 716 g/mol. The van der Waals surface area contributed by atoms with Crippen LogP contribution in [0.1, 0.15) is 17.5 Å². The number of carbonyl (C=O) groups is 3. The maximum atomic E-state index is 15.3. The Kier molecular flexibility index (Phi) is 9.29. The second kappa shape index (κ2) is 14.7. The second-order valence-corrected chi connectivity index (χ2v) is 14.6. The number of piperazine rings is 1. The van der Waals surface area contributed by atoms with Crippen molar-refractivity contribution in [2.45, 2.75) is 25.8 Å². The van der Waals surface area contributed by atoms with Gasteiger partial charge in [-0.3, -0.25) is 24.7 Å². The van der Waals surface area contributed by atoms with E-state index in [1.54, 1.807) is 28.1 Å². The van der Waals surface area contributed by atoms with Gasteiger partial charge in [-0.15, -0.1) is 0 Å². The summed E-state index contributed by atoms with van der Waals surface area (Å²) in [6.07, 6.45) is 3.83. The molecule has 4 aliphatic heterocycles. The summed E-state index contributed by atoms with van der Waals surface area (Å²) in [4.78, 5) is 58.6. The highest BCUT2D eigenvalue weighted by molar-refractivity contribution is 6.05. The molecule has 0 unspecified atom stereocenters. The van der Waals surface area contributed by atoms with Crippen LogP contribution in [0.3, 0.4) is 0 Å². The van der Waals surface area contributed by atoms with Gasteiger partial charge < -0.3 is 25.2 Å². The molecular formula is C41H41FN10O4. The minimum absolute atomic E-state index is 0.00807. The third-order valence-electron chi connectivity index (χ3n) is 11.1. The second-order valence-electron chi connectivity index (χ2n) is 14.6. The Balaban J connectivity index is 0.764. The zero-order chi connectivity index (χ0) is 38.3. The molecule has 6 heterocycles. The Morgan fingerprint density at radius 3 is 2.54 bits per heavy atom. The van der Waals surface area contributed by atoms with E-state index < -0.39 is 5.82 Å². The van der Waals surface area contributed by atoms with Gasteiger partial charge in [0.15, 0.2) is 0 Å². The molecule has 4 aliphatic rings. The highest BCUT2D eigenvalue weighted by Gasteiger charge is 2.36. The van der Waals surface area contributed by atoms with Crippen LogP contribution in [0.2, 0.25) is 0 Å². The Bertz CT molecular complexity index is 2340. The number of likely N-dealkylation sites (tertiary alicyclic amines) is 1. The number of amides is 4. The smallest absolute Gasteiger partial charge is 0.328 e. The quantitative estimate of drug-likeness (QED) is 0.202. The number of hydrogen-bond donors (Lipinski definition) is 3. The molecule has 0 radical (unpaired) electrons. The van der Waals surface area contributed by atoms with Crippen molar-refractivity contribution >= 4 is 57.4 Å². The van der Waals surface area contributed by atoms with E-state index in [2.05, 4.69) is 35.7 Å². The van der Waals surface area contributed by atoms with Crippen LogP contribution in [0, 0.1) is 12.7 Å². The van der Waals surface area contributed by atoms with Gasteiger partial charge >= 0.3 is 6.03 Å². The number of carbonyl (C=O) groups excluding carboxylic acids is 3. The van der Waals surface area contributed by atoms with Gasteiger partial charge in [-0.2, -0.15) is 0 Å². The molecule has 2 aromatic heterocycles. The molecule has 15 heteroatoms. The van der Waals surface area contributed by atoms with Crippen LogP contribution < -0.4 is 30.5 Å². The van der Waals surface area contributed by atoms with Gasteiger partial charge in [-0.25, -0.2) is 24.1 Å². The van der Waals surface area contributed by atoms with Crippen LogP contribution in [0.4, 0.5) is 37.9 Å². The number of anilines is 5. The molecule has 14 nitrogen and oxygen atoms in total. The highest BCUT2D eigenvalue weighted by atomic mass is 19.1. The number of ether oxygens (including phenoxy) is 1. The van der Waals surface area contributed by atoms with Gasteiger partial charge in [0, 0.05) is 105 Å². The van der Waals surface area contributed by atoms with E-state index in [4.69, 9.17) is 9.72 Å². The Morgan fingerprint density at radius 2 is 1.75 bits per heavy atom. The molecule has 0 bridgehead atoms. The molecule has 3 N–H and O–H groups in total. The van der Waals surface area contributed by atoms with Gasteiger partial charge in [-0.05, 0) is 66.1 Å². The number of imide groups is 1. The number of fused-ring (bicyclic) bond motifs is 2. The molecule has 9 rings (SSSR count). The first kappa shape index (κ1) is 35.4. The van der Waals surface area contributed by atoms with Gasteiger partial charge in [0.2, 0.25) is 23.6 Å². The summed E-state index contributed by atoms with van der Waals surface area (Å²) in [5, 5.41) is 9.73. The molecule has 5 aromatic rings. The molecule has 3 saturated heterocycles. The van der Waals surface area contributed by atoms with Gasteiger partial charge in [-0.1, -0.05) is 18.2 Å². The molecule has 0 spiro atoms. The fourth-order valence-corrected chi connectivity index (χ4v) is 7.82. The normalized spacial score (nSPS) is 17.5. The summed E-state index contributed by atoms with van der Waals surface area (Å²) in [5.41, 5.74) is 7.30. The lowest BCUT2D eigenvalue weighted by Crippen LogP contribution is -2.64. The summed E-state index contributed by atoms with van der Waals surface area (Å²) in [5.74, 6) is 0.145. The lowest BCUT2D eigenvalue weighted by atomic mass is 10.00. The van der Waals surface area contributed by atoms with E-state index in [1.165, 1.54) is 6.07 Å². The fourth-order valence-electron chi connectivity index (χ4n) is 7.82. The Hall–Kier alpha value is -6.35. The van der Waals surface area contributed by atoms with Crippen LogP contribution in [-0.4, -0.2) is 108 Å².